The number of Topliss-reactive ketones (excluding diaryl/α,β-unsaturated/α-hetero) is 1. The van der Waals surface area contributed by atoms with E-state index in [4.69, 9.17) is 5.11 Å². The standard InChI is InChI=1S/C23H29FO4S/c24-18-14-20(26)17(16(18)8-3-1-2-4-10-23(27)28)11-12-19(25)22-13-15-7-5-6-9-21(15)29-22/h5-7,9,13,16-19,25H,1-4,8,10-12,14H2,(H,27,28)/t16-,17-,18-,19?/m1/s1. The summed E-state index contributed by atoms with van der Waals surface area (Å²) >= 11 is 1.56. The topological polar surface area (TPSA) is 74.6 Å². The zero-order chi connectivity index (χ0) is 20.8. The fraction of sp³-hybridized carbons (Fsp3) is 0.565. The fourth-order valence-electron chi connectivity index (χ4n) is 4.40. The van der Waals surface area contributed by atoms with E-state index in [1.165, 1.54) is 0 Å². The van der Waals surface area contributed by atoms with Crippen molar-refractivity contribution in [1.29, 1.82) is 0 Å². The second-order valence-electron chi connectivity index (χ2n) is 8.08. The number of fused-ring (bicyclic) bond motifs is 1. The third-order valence-electron chi connectivity index (χ3n) is 5.99. The molecule has 0 spiro atoms. The van der Waals surface area contributed by atoms with Crippen molar-refractivity contribution in [3.05, 3.63) is 35.2 Å². The number of alkyl halides is 1. The number of carboxylic acids is 1. The van der Waals surface area contributed by atoms with Gasteiger partial charge in [-0.25, -0.2) is 4.39 Å². The van der Waals surface area contributed by atoms with Crippen molar-refractivity contribution in [2.45, 2.75) is 70.1 Å². The number of carbonyl (C=O) groups excluding carboxylic acids is 1. The average Bonchev–Trinajstić information content (AvgIpc) is 3.23. The summed E-state index contributed by atoms with van der Waals surface area (Å²) in [5.41, 5.74) is 0. The molecule has 0 saturated heterocycles. The first-order valence-corrected chi connectivity index (χ1v) is 11.3. The minimum absolute atomic E-state index is 0.00662. The van der Waals surface area contributed by atoms with Gasteiger partial charge in [0.25, 0.3) is 0 Å². The number of benzene rings is 1. The summed E-state index contributed by atoms with van der Waals surface area (Å²) in [7, 11) is 0. The van der Waals surface area contributed by atoms with E-state index in [1.54, 1.807) is 11.3 Å². The van der Waals surface area contributed by atoms with Gasteiger partial charge in [0.2, 0.25) is 0 Å². The van der Waals surface area contributed by atoms with E-state index in [9.17, 15) is 19.1 Å². The Hall–Kier alpha value is -1.79. The van der Waals surface area contributed by atoms with Gasteiger partial charge >= 0.3 is 5.97 Å². The van der Waals surface area contributed by atoms with Crippen LogP contribution in [0, 0.1) is 11.8 Å². The highest BCUT2D eigenvalue weighted by atomic mass is 32.1. The third kappa shape index (κ3) is 5.86. The van der Waals surface area contributed by atoms with E-state index >= 15 is 0 Å². The predicted molar refractivity (Wildman–Crippen MR) is 113 cm³/mol. The number of carboxylic acid groups (broad SMARTS) is 1. The molecule has 1 saturated carbocycles. The Morgan fingerprint density at radius 2 is 1.93 bits per heavy atom. The van der Waals surface area contributed by atoms with E-state index in [0.29, 0.717) is 25.7 Å². The van der Waals surface area contributed by atoms with E-state index in [0.717, 1.165) is 34.2 Å². The molecule has 2 aromatic rings. The van der Waals surface area contributed by atoms with Gasteiger partial charge in [0.15, 0.2) is 0 Å². The van der Waals surface area contributed by atoms with Crippen LogP contribution in [-0.2, 0) is 9.59 Å². The number of thiophene rings is 1. The lowest BCUT2D eigenvalue weighted by Gasteiger charge is -2.21. The van der Waals surface area contributed by atoms with E-state index in [-0.39, 0.29) is 30.5 Å². The van der Waals surface area contributed by atoms with Crippen molar-refractivity contribution in [2.24, 2.45) is 11.8 Å². The van der Waals surface area contributed by atoms with Gasteiger partial charge in [0.1, 0.15) is 12.0 Å². The van der Waals surface area contributed by atoms with Crippen LogP contribution in [0.15, 0.2) is 30.3 Å². The highest BCUT2D eigenvalue weighted by Crippen LogP contribution is 2.40. The zero-order valence-electron chi connectivity index (χ0n) is 16.6. The second kappa shape index (κ2) is 10.3. The van der Waals surface area contributed by atoms with Crippen LogP contribution >= 0.6 is 11.3 Å². The lowest BCUT2D eigenvalue weighted by atomic mass is 9.85. The first-order valence-electron chi connectivity index (χ1n) is 10.5. The number of aliphatic carboxylic acids is 1. The summed E-state index contributed by atoms with van der Waals surface area (Å²) in [6.45, 7) is 0. The molecule has 0 aliphatic heterocycles. The Morgan fingerprint density at radius 3 is 2.69 bits per heavy atom. The molecule has 158 valence electrons. The number of rotatable bonds is 11. The molecule has 1 aromatic heterocycles. The molecule has 1 unspecified atom stereocenters. The maximum atomic E-state index is 14.4. The van der Waals surface area contributed by atoms with Crippen LogP contribution in [0.1, 0.15) is 68.8 Å². The molecule has 1 aliphatic carbocycles. The fourth-order valence-corrected chi connectivity index (χ4v) is 5.48. The van der Waals surface area contributed by atoms with Crippen LogP contribution in [0.4, 0.5) is 4.39 Å². The van der Waals surface area contributed by atoms with Gasteiger partial charge in [-0.15, -0.1) is 11.3 Å². The SMILES string of the molecule is O=C(O)CCCCCC[C@H]1[C@H](F)CC(=O)[C@@H]1CCC(O)c1cc2ccccc2s1. The Morgan fingerprint density at radius 1 is 1.17 bits per heavy atom. The Labute approximate surface area is 174 Å². The lowest BCUT2D eigenvalue weighted by molar-refractivity contribution is -0.137. The molecule has 1 heterocycles. The van der Waals surface area contributed by atoms with E-state index < -0.39 is 18.2 Å². The number of halogens is 1. The first-order chi connectivity index (χ1) is 14.0. The van der Waals surface area contributed by atoms with Crippen molar-refractivity contribution in [2.75, 3.05) is 0 Å². The number of aliphatic hydroxyl groups is 1. The molecular formula is C23H29FO4S. The minimum Gasteiger partial charge on any atom is -0.481 e. The molecular weight excluding hydrogens is 391 g/mol. The number of hydrogen-bond acceptors (Lipinski definition) is 4. The first kappa shape index (κ1) is 21.9. The summed E-state index contributed by atoms with van der Waals surface area (Å²) in [5, 5.41) is 20.4. The highest BCUT2D eigenvalue weighted by Gasteiger charge is 2.41. The van der Waals surface area contributed by atoms with Gasteiger partial charge in [0, 0.05) is 34.3 Å². The van der Waals surface area contributed by atoms with Crippen molar-refractivity contribution < 1.29 is 24.2 Å². The quantitative estimate of drug-likeness (QED) is 0.458. The number of aliphatic hydroxyl groups excluding tert-OH is 1. The van der Waals surface area contributed by atoms with E-state index in [2.05, 4.69) is 0 Å². The van der Waals surface area contributed by atoms with Crippen molar-refractivity contribution >= 4 is 33.2 Å². The van der Waals surface area contributed by atoms with Gasteiger partial charge in [-0.1, -0.05) is 37.5 Å². The third-order valence-corrected chi connectivity index (χ3v) is 7.21. The highest BCUT2D eigenvalue weighted by molar-refractivity contribution is 7.19. The average molecular weight is 421 g/mol. The van der Waals surface area contributed by atoms with E-state index in [1.807, 2.05) is 30.3 Å². The summed E-state index contributed by atoms with van der Waals surface area (Å²) < 4.78 is 15.5. The van der Waals surface area contributed by atoms with Crippen molar-refractivity contribution in [1.82, 2.24) is 0 Å². The van der Waals surface area contributed by atoms with Crippen LogP contribution in [0.5, 0.6) is 0 Å². The summed E-state index contributed by atoms with van der Waals surface area (Å²) in [4.78, 5) is 23.7. The predicted octanol–water partition coefficient (Wildman–Crippen LogP) is 5.68. The molecule has 3 rings (SSSR count). The van der Waals surface area contributed by atoms with Gasteiger partial charge in [-0.05, 0) is 43.2 Å². The maximum Gasteiger partial charge on any atom is 0.303 e. The largest absolute Gasteiger partial charge is 0.481 e. The Kier molecular flexibility index (Phi) is 7.78. The molecule has 0 radical (unpaired) electrons. The molecule has 0 amide bonds. The zero-order valence-corrected chi connectivity index (χ0v) is 17.4. The van der Waals surface area contributed by atoms with Crippen LogP contribution in [0.3, 0.4) is 0 Å². The molecule has 1 aliphatic rings. The maximum absolute atomic E-state index is 14.4. The molecule has 1 aromatic carbocycles. The monoisotopic (exact) mass is 420 g/mol. The Bertz CT molecular complexity index is 800. The Balaban J connectivity index is 1.49. The smallest absolute Gasteiger partial charge is 0.303 e. The van der Waals surface area contributed by atoms with Crippen molar-refractivity contribution in [3.63, 3.8) is 0 Å². The number of unbranched alkanes of at least 4 members (excludes halogenated alkanes) is 3. The second-order valence-corrected chi connectivity index (χ2v) is 9.20. The van der Waals surface area contributed by atoms with Crippen molar-refractivity contribution in [3.8, 4) is 0 Å². The molecule has 6 heteroatoms. The normalized spacial score (nSPS) is 23.0. The number of ketones is 1. The van der Waals surface area contributed by atoms with Gasteiger partial charge in [-0.3, -0.25) is 9.59 Å². The van der Waals surface area contributed by atoms with Crippen LogP contribution < -0.4 is 0 Å². The summed E-state index contributed by atoms with van der Waals surface area (Å²) in [6.07, 6.45) is 3.22. The van der Waals surface area contributed by atoms with Crippen LogP contribution in [0.25, 0.3) is 10.1 Å². The summed E-state index contributed by atoms with van der Waals surface area (Å²) in [6, 6.07) is 9.98. The number of carbonyl (C=O) groups is 2. The molecule has 29 heavy (non-hydrogen) atoms. The van der Waals surface area contributed by atoms with Crippen LogP contribution in [-0.4, -0.2) is 28.1 Å². The lowest BCUT2D eigenvalue weighted by Crippen LogP contribution is -2.19. The molecule has 4 atom stereocenters. The van der Waals surface area contributed by atoms with Gasteiger partial charge in [0.05, 0.1) is 6.10 Å². The molecule has 2 N–H and O–H groups in total. The van der Waals surface area contributed by atoms with Gasteiger partial charge < -0.3 is 10.2 Å². The van der Waals surface area contributed by atoms with Gasteiger partial charge in [-0.2, -0.15) is 0 Å². The number of hydrogen-bond donors (Lipinski definition) is 2. The van der Waals surface area contributed by atoms with Crippen LogP contribution in [0.2, 0.25) is 0 Å². The molecule has 1 fully saturated rings. The minimum atomic E-state index is -1.09. The summed E-state index contributed by atoms with van der Waals surface area (Å²) in [5.74, 6) is -1.38. The molecule has 0 bridgehead atoms. The molecule has 4 nitrogen and oxygen atoms in total.